The van der Waals surface area contributed by atoms with Gasteiger partial charge in [0.15, 0.2) is 0 Å². The maximum absolute atomic E-state index is 12.2. The Morgan fingerprint density at radius 3 is 2.59 bits per heavy atom. The molecule has 0 unspecified atom stereocenters. The summed E-state index contributed by atoms with van der Waals surface area (Å²) in [5, 5.41) is 0. The van der Waals surface area contributed by atoms with Crippen molar-refractivity contribution in [3.8, 4) is 0 Å². The Bertz CT molecular complexity index is 542. The lowest BCUT2D eigenvalue weighted by Crippen LogP contribution is -2.39. The molecular formula is C11H16N2O3S. The monoisotopic (exact) mass is 256 g/mol. The van der Waals surface area contributed by atoms with E-state index in [1.54, 1.807) is 0 Å². The average molecular weight is 256 g/mol. The fraction of sp³-hybridized carbons (Fsp3) is 0.545. The SMILES string of the molecule is CC1CCN(S(=O)(=O)c2c[nH]ccc2=O)CC1. The van der Waals surface area contributed by atoms with Crippen LogP contribution in [-0.4, -0.2) is 30.8 Å². The summed E-state index contributed by atoms with van der Waals surface area (Å²) in [6.45, 7) is 3.11. The summed E-state index contributed by atoms with van der Waals surface area (Å²) in [5.74, 6) is 0.551. The Morgan fingerprint density at radius 2 is 2.00 bits per heavy atom. The van der Waals surface area contributed by atoms with E-state index in [2.05, 4.69) is 11.9 Å². The van der Waals surface area contributed by atoms with Crippen molar-refractivity contribution in [1.82, 2.24) is 9.29 Å². The van der Waals surface area contributed by atoms with Crippen LogP contribution in [0.5, 0.6) is 0 Å². The van der Waals surface area contributed by atoms with Crippen molar-refractivity contribution < 1.29 is 8.42 Å². The highest BCUT2D eigenvalue weighted by Gasteiger charge is 2.29. The number of sulfonamides is 1. The molecule has 17 heavy (non-hydrogen) atoms. The smallest absolute Gasteiger partial charge is 0.248 e. The number of nitrogens with zero attached hydrogens (tertiary/aromatic N) is 1. The Balaban J connectivity index is 2.32. The molecule has 1 aliphatic rings. The minimum absolute atomic E-state index is 0.158. The number of nitrogens with one attached hydrogen (secondary N) is 1. The maximum Gasteiger partial charge on any atom is 0.248 e. The van der Waals surface area contributed by atoms with Crippen molar-refractivity contribution in [2.24, 2.45) is 5.92 Å². The quantitative estimate of drug-likeness (QED) is 0.850. The molecule has 2 heterocycles. The van der Waals surface area contributed by atoms with E-state index in [-0.39, 0.29) is 4.90 Å². The zero-order chi connectivity index (χ0) is 12.5. The molecule has 0 bridgehead atoms. The van der Waals surface area contributed by atoms with E-state index >= 15 is 0 Å². The zero-order valence-electron chi connectivity index (χ0n) is 9.72. The van der Waals surface area contributed by atoms with Crippen molar-refractivity contribution in [2.75, 3.05) is 13.1 Å². The van der Waals surface area contributed by atoms with E-state index in [0.29, 0.717) is 19.0 Å². The number of aromatic amines is 1. The molecule has 1 aromatic rings. The third-order valence-corrected chi connectivity index (χ3v) is 5.07. The Labute approximate surface area is 101 Å². The van der Waals surface area contributed by atoms with Gasteiger partial charge in [-0.3, -0.25) is 4.79 Å². The second-order valence-electron chi connectivity index (χ2n) is 4.46. The average Bonchev–Trinajstić information content (AvgIpc) is 2.30. The lowest BCUT2D eigenvalue weighted by molar-refractivity contribution is 0.288. The van der Waals surface area contributed by atoms with Gasteiger partial charge in [-0.1, -0.05) is 6.92 Å². The summed E-state index contributed by atoms with van der Waals surface area (Å²) in [5.41, 5.74) is -0.456. The molecule has 0 spiro atoms. The minimum Gasteiger partial charge on any atom is -0.366 e. The molecule has 0 saturated carbocycles. The third-order valence-electron chi connectivity index (χ3n) is 3.15. The van der Waals surface area contributed by atoms with E-state index in [9.17, 15) is 13.2 Å². The Kier molecular flexibility index (Phi) is 3.35. The Hall–Kier alpha value is -1.14. The highest BCUT2D eigenvalue weighted by molar-refractivity contribution is 7.89. The van der Waals surface area contributed by atoms with Crippen LogP contribution in [0.15, 0.2) is 28.2 Å². The van der Waals surface area contributed by atoms with Gasteiger partial charge >= 0.3 is 0 Å². The number of H-pyrrole nitrogens is 1. The van der Waals surface area contributed by atoms with E-state index in [1.165, 1.54) is 22.8 Å². The minimum atomic E-state index is -3.63. The van der Waals surface area contributed by atoms with Gasteiger partial charge in [0.1, 0.15) is 4.90 Å². The molecular weight excluding hydrogens is 240 g/mol. The second kappa shape index (κ2) is 4.62. The highest BCUT2D eigenvalue weighted by Crippen LogP contribution is 2.21. The van der Waals surface area contributed by atoms with Gasteiger partial charge in [-0.15, -0.1) is 0 Å². The topological polar surface area (TPSA) is 70.2 Å². The summed E-state index contributed by atoms with van der Waals surface area (Å²) in [7, 11) is -3.63. The molecule has 0 aromatic carbocycles. The number of hydrogen-bond acceptors (Lipinski definition) is 3. The highest BCUT2D eigenvalue weighted by atomic mass is 32.2. The van der Waals surface area contributed by atoms with Crippen molar-refractivity contribution in [2.45, 2.75) is 24.7 Å². The predicted molar refractivity (Wildman–Crippen MR) is 64.2 cm³/mol. The summed E-state index contributed by atoms with van der Waals surface area (Å²) >= 11 is 0. The van der Waals surface area contributed by atoms with E-state index < -0.39 is 15.5 Å². The fourth-order valence-corrected chi connectivity index (χ4v) is 3.48. The lowest BCUT2D eigenvalue weighted by atomic mass is 10.0. The molecule has 0 amide bonds. The number of piperidine rings is 1. The number of hydrogen-bond donors (Lipinski definition) is 1. The van der Waals surface area contributed by atoms with Gasteiger partial charge in [-0.05, 0) is 18.8 Å². The van der Waals surface area contributed by atoms with Crippen LogP contribution in [0.25, 0.3) is 0 Å². The van der Waals surface area contributed by atoms with Crippen LogP contribution < -0.4 is 5.43 Å². The van der Waals surface area contributed by atoms with Crippen LogP contribution in [0.2, 0.25) is 0 Å². The molecule has 1 aromatic heterocycles. The number of pyridine rings is 1. The Morgan fingerprint density at radius 1 is 1.35 bits per heavy atom. The van der Waals surface area contributed by atoms with Crippen molar-refractivity contribution in [3.63, 3.8) is 0 Å². The maximum atomic E-state index is 12.2. The van der Waals surface area contributed by atoms with Gasteiger partial charge in [0.2, 0.25) is 15.5 Å². The van der Waals surface area contributed by atoms with E-state index in [4.69, 9.17) is 0 Å². The number of aromatic nitrogens is 1. The first-order chi connectivity index (χ1) is 8.01. The standard InChI is InChI=1S/C11H16N2O3S/c1-9-3-6-13(7-4-9)17(15,16)11-8-12-5-2-10(11)14/h2,5,8-9H,3-4,6-7H2,1H3,(H,12,14). The molecule has 1 N–H and O–H groups in total. The molecule has 1 saturated heterocycles. The van der Waals surface area contributed by atoms with Crippen LogP contribution in [0.1, 0.15) is 19.8 Å². The van der Waals surface area contributed by atoms with Crippen LogP contribution >= 0.6 is 0 Å². The predicted octanol–water partition coefficient (Wildman–Crippen LogP) is 0.796. The summed E-state index contributed by atoms with van der Waals surface area (Å²) < 4.78 is 25.8. The van der Waals surface area contributed by atoms with Gasteiger partial charge in [-0.25, -0.2) is 8.42 Å². The van der Waals surface area contributed by atoms with Crippen LogP contribution in [0.4, 0.5) is 0 Å². The summed E-state index contributed by atoms with van der Waals surface area (Å²) in [6.07, 6.45) is 4.39. The van der Waals surface area contributed by atoms with E-state index in [1.807, 2.05) is 0 Å². The first kappa shape index (κ1) is 12.3. The molecule has 6 heteroatoms. The van der Waals surface area contributed by atoms with Crippen LogP contribution in [-0.2, 0) is 10.0 Å². The van der Waals surface area contributed by atoms with Crippen molar-refractivity contribution >= 4 is 10.0 Å². The third kappa shape index (κ3) is 2.42. The zero-order valence-corrected chi connectivity index (χ0v) is 10.5. The molecule has 1 fully saturated rings. The molecule has 1 aliphatic heterocycles. The van der Waals surface area contributed by atoms with Crippen LogP contribution in [0, 0.1) is 5.92 Å². The van der Waals surface area contributed by atoms with Gasteiger partial charge in [0, 0.05) is 31.5 Å². The second-order valence-corrected chi connectivity index (χ2v) is 6.37. The van der Waals surface area contributed by atoms with Gasteiger partial charge in [0.05, 0.1) is 0 Å². The molecule has 94 valence electrons. The molecule has 0 aliphatic carbocycles. The summed E-state index contributed by atoms with van der Waals surface area (Å²) in [6, 6.07) is 1.24. The lowest BCUT2D eigenvalue weighted by Gasteiger charge is -2.29. The normalized spacial score (nSPS) is 19.4. The first-order valence-electron chi connectivity index (χ1n) is 5.69. The van der Waals surface area contributed by atoms with E-state index in [0.717, 1.165) is 12.8 Å². The molecule has 2 rings (SSSR count). The van der Waals surface area contributed by atoms with Crippen LogP contribution in [0.3, 0.4) is 0 Å². The summed E-state index contributed by atoms with van der Waals surface area (Å²) in [4.78, 5) is 14.0. The van der Waals surface area contributed by atoms with Crippen molar-refractivity contribution in [1.29, 1.82) is 0 Å². The fourth-order valence-electron chi connectivity index (χ4n) is 1.97. The van der Waals surface area contributed by atoms with Gasteiger partial charge < -0.3 is 4.98 Å². The molecule has 0 radical (unpaired) electrons. The van der Waals surface area contributed by atoms with Gasteiger partial charge in [0.25, 0.3) is 0 Å². The van der Waals surface area contributed by atoms with Crippen molar-refractivity contribution in [3.05, 3.63) is 28.7 Å². The molecule has 0 atom stereocenters. The largest absolute Gasteiger partial charge is 0.366 e. The molecule has 5 nitrogen and oxygen atoms in total. The number of rotatable bonds is 2. The first-order valence-corrected chi connectivity index (χ1v) is 7.13. The van der Waals surface area contributed by atoms with Gasteiger partial charge in [-0.2, -0.15) is 4.31 Å².